The summed E-state index contributed by atoms with van der Waals surface area (Å²) >= 11 is 0. The van der Waals surface area contributed by atoms with Gasteiger partial charge in [0, 0.05) is 12.1 Å². The molecule has 1 aromatic heterocycles. The molecular weight excluding hydrogens is 306 g/mol. The second-order valence-electron chi connectivity index (χ2n) is 6.85. The highest BCUT2D eigenvalue weighted by atomic mass is 16.5. The molecule has 1 saturated heterocycles. The summed E-state index contributed by atoms with van der Waals surface area (Å²) in [5.74, 6) is 0.725. The van der Waals surface area contributed by atoms with E-state index in [0.29, 0.717) is 5.82 Å². The molecule has 7 nitrogen and oxygen atoms in total. The average Bonchev–Trinajstić information content (AvgIpc) is 3.05. The predicted molar refractivity (Wildman–Crippen MR) is 86.7 cm³/mol. The first-order chi connectivity index (χ1) is 11.7. The molecule has 1 spiro atoms. The van der Waals surface area contributed by atoms with Crippen LogP contribution in [0.3, 0.4) is 0 Å². The number of benzene rings is 1. The fourth-order valence-corrected chi connectivity index (χ4v) is 3.83. The average molecular weight is 327 g/mol. The number of hydrogen-bond acceptors (Lipinski definition) is 6. The van der Waals surface area contributed by atoms with Gasteiger partial charge in [0.15, 0.2) is 0 Å². The van der Waals surface area contributed by atoms with Gasteiger partial charge in [-0.05, 0) is 48.5 Å². The van der Waals surface area contributed by atoms with Gasteiger partial charge < -0.3 is 4.74 Å². The van der Waals surface area contributed by atoms with Gasteiger partial charge in [-0.3, -0.25) is 9.69 Å². The fourth-order valence-electron chi connectivity index (χ4n) is 3.83. The molecule has 0 radical (unpaired) electrons. The lowest BCUT2D eigenvalue weighted by molar-refractivity contribution is -0.143. The quantitative estimate of drug-likeness (QED) is 0.860. The molecule has 1 saturated carbocycles. The third kappa shape index (κ3) is 2.80. The van der Waals surface area contributed by atoms with Crippen LogP contribution in [0.2, 0.25) is 0 Å². The third-order valence-electron chi connectivity index (χ3n) is 5.49. The van der Waals surface area contributed by atoms with Crippen LogP contribution in [0.5, 0.6) is 0 Å². The molecule has 126 valence electrons. The molecule has 2 aliphatic rings. The number of aromatic nitrogens is 4. The minimum absolute atomic E-state index is 0.0273. The Morgan fingerprint density at radius 3 is 2.71 bits per heavy atom. The van der Waals surface area contributed by atoms with E-state index in [2.05, 4.69) is 37.7 Å². The minimum atomic E-state index is -0.0273. The predicted octanol–water partition coefficient (Wildman–Crippen LogP) is 1.64. The molecule has 1 aliphatic heterocycles. The monoisotopic (exact) mass is 327 g/mol. The fraction of sp³-hybridized carbons (Fsp3) is 0.529. The van der Waals surface area contributed by atoms with E-state index in [1.54, 1.807) is 0 Å². The number of aromatic amines is 1. The number of nitrogens with one attached hydrogen (secondary N) is 1. The SMILES string of the molecule is COC(=O)C1CC12CCN(Cc1ccc(-c3nn[nH]n3)cc1)CC2. The lowest BCUT2D eigenvalue weighted by Gasteiger charge is -2.32. The summed E-state index contributed by atoms with van der Waals surface area (Å²) in [5, 5.41) is 14.0. The molecule has 1 N–H and O–H groups in total. The molecule has 4 rings (SSSR count). The number of methoxy groups -OCH3 is 1. The lowest BCUT2D eigenvalue weighted by atomic mass is 9.90. The summed E-state index contributed by atoms with van der Waals surface area (Å²) in [6, 6.07) is 8.29. The van der Waals surface area contributed by atoms with Gasteiger partial charge in [0.25, 0.3) is 0 Å². The Labute approximate surface area is 140 Å². The van der Waals surface area contributed by atoms with Gasteiger partial charge in [-0.1, -0.05) is 24.3 Å². The van der Waals surface area contributed by atoms with Crippen molar-refractivity contribution >= 4 is 5.97 Å². The van der Waals surface area contributed by atoms with Crippen molar-refractivity contribution in [3.63, 3.8) is 0 Å². The first-order valence-electron chi connectivity index (χ1n) is 8.33. The van der Waals surface area contributed by atoms with E-state index in [-0.39, 0.29) is 17.3 Å². The summed E-state index contributed by atoms with van der Waals surface area (Å²) in [5.41, 5.74) is 2.47. The van der Waals surface area contributed by atoms with Crippen molar-refractivity contribution in [1.29, 1.82) is 0 Å². The maximum absolute atomic E-state index is 11.7. The number of tetrazole rings is 1. The molecule has 1 unspecified atom stereocenters. The molecule has 0 bridgehead atoms. The van der Waals surface area contributed by atoms with E-state index >= 15 is 0 Å². The zero-order valence-corrected chi connectivity index (χ0v) is 13.7. The summed E-state index contributed by atoms with van der Waals surface area (Å²) in [6.07, 6.45) is 3.19. The summed E-state index contributed by atoms with van der Waals surface area (Å²) in [7, 11) is 1.49. The highest BCUT2D eigenvalue weighted by Crippen LogP contribution is 2.59. The number of esters is 1. The van der Waals surface area contributed by atoms with Crippen LogP contribution in [0.1, 0.15) is 24.8 Å². The number of nitrogens with zero attached hydrogens (tertiary/aromatic N) is 4. The number of hydrogen-bond donors (Lipinski definition) is 1. The highest BCUT2D eigenvalue weighted by Gasteiger charge is 2.59. The molecule has 2 aromatic rings. The van der Waals surface area contributed by atoms with Crippen molar-refractivity contribution in [2.24, 2.45) is 11.3 Å². The Balaban J connectivity index is 1.32. The Kier molecular flexibility index (Phi) is 3.80. The second-order valence-corrected chi connectivity index (χ2v) is 6.85. The van der Waals surface area contributed by atoms with Crippen LogP contribution in [0.4, 0.5) is 0 Å². The molecule has 24 heavy (non-hydrogen) atoms. The molecule has 2 fully saturated rings. The van der Waals surface area contributed by atoms with Crippen LogP contribution in [0, 0.1) is 11.3 Å². The number of H-pyrrole nitrogens is 1. The molecule has 1 aromatic carbocycles. The molecule has 1 aliphatic carbocycles. The van der Waals surface area contributed by atoms with Crippen LogP contribution >= 0.6 is 0 Å². The molecule has 2 heterocycles. The van der Waals surface area contributed by atoms with Crippen molar-refractivity contribution in [3.05, 3.63) is 29.8 Å². The zero-order chi connectivity index (χ0) is 16.6. The maximum atomic E-state index is 11.7. The second kappa shape index (κ2) is 5.98. The largest absolute Gasteiger partial charge is 0.469 e. The Bertz CT molecular complexity index is 705. The molecule has 0 amide bonds. The number of carbonyl (C=O) groups is 1. The molecule has 1 atom stereocenters. The van der Waals surface area contributed by atoms with Gasteiger partial charge in [0.2, 0.25) is 5.82 Å². The minimum Gasteiger partial charge on any atom is -0.469 e. The van der Waals surface area contributed by atoms with Crippen LogP contribution in [0.25, 0.3) is 11.4 Å². The smallest absolute Gasteiger partial charge is 0.309 e. The number of carbonyl (C=O) groups excluding carboxylic acids is 1. The standard InChI is InChI=1S/C17H21N5O2/c1-24-16(23)14-10-17(14)6-8-22(9-7-17)11-12-2-4-13(5-3-12)15-18-20-21-19-15/h2-5,14H,6-11H2,1H3,(H,18,19,20,21). The van der Waals surface area contributed by atoms with Gasteiger partial charge in [-0.25, -0.2) is 0 Å². The van der Waals surface area contributed by atoms with Gasteiger partial charge in [0.1, 0.15) is 0 Å². The van der Waals surface area contributed by atoms with E-state index in [9.17, 15) is 4.79 Å². The van der Waals surface area contributed by atoms with Crippen molar-refractivity contribution in [2.75, 3.05) is 20.2 Å². The van der Waals surface area contributed by atoms with Crippen LogP contribution in [-0.2, 0) is 16.1 Å². The van der Waals surface area contributed by atoms with Gasteiger partial charge in [-0.15, -0.1) is 10.2 Å². The summed E-state index contributed by atoms with van der Waals surface area (Å²) in [6.45, 7) is 3.02. The number of ether oxygens (including phenoxy) is 1. The van der Waals surface area contributed by atoms with E-state index < -0.39 is 0 Å². The van der Waals surface area contributed by atoms with E-state index in [1.165, 1.54) is 12.7 Å². The number of likely N-dealkylation sites (tertiary alicyclic amines) is 1. The molecule has 7 heteroatoms. The maximum Gasteiger partial charge on any atom is 0.309 e. The van der Waals surface area contributed by atoms with Gasteiger partial charge >= 0.3 is 5.97 Å². The normalized spacial score (nSPS) is 22.5. The third-order valence-corrected chi connectivity index (χ3v) is 5.49. The first kappa shape index (κ1) is 15.3. The lowest BCUT2D eigenvalue weighted by Crippen LogP contribution is -2.35. The molecular formula is C17H21N5O2. The van der Waals surface area contributed by atoms with Crippen LogP contribution < -0.4 is 0 Å². The van der Waals surface area contributed by atoms with Crippen LogP contribution in [0.15, 0.2) is 24.3 Å². The van der Waals surface area contributed by atoms with Crippen molar-refractivity contribution in [3.8, 4) is 11.4 Å². The van der Waals surface area contributed by atoms with Gasteiger partial charge in [0.05, 0.1) is 13.0 Å². The topological polar surface area (TPSA) is 84.0 Å². The summed E-state index contributed by atoms with van der Waals surface area (Å²) < 4.78 is 4.90. The Morgan fingerprint density at radius 1 is 1.33 bits per heavy atom. The summed E-state index contributed by atoms with van der Waals surface area (Å²) in [4.78, 5) is 14.2. The van der Waals surface area contributed by atoms with E-state index in [0.717, 1.165) is 44.5 Å². The number of rotatable bonds is 4. The van der Waals surface area contributed by atoms with Crippen molar-refractivity contribution in [2.45, 2.75) is 25.8 Å². The highest BCUT2D eigenvalue weighted by molar-refractivity contribution is 5.76. The van der Waals surface area contributed by atoms with Crippen molar-refractivity contribution < 1.29 is 9.53 Å². The zero-order valence-electron chi connectivity index (χ0n) is 13.7. The van der Waals surface area contributed by atoms with Gasteiger partial charge in [-0.2, -0.15) is 5.21 Å². The van der Waals surface area contributed by atoms with E-state index in [4.69, 9.17) is 4.74 Å². The van der Waals surface area contributed by atoms with Crippen LogP contribution in [-0.4, -0.2) is 51.7 Å². The Hall–Kier alpha value is -2.28. The number of piperidine rings is 1. The Morgan fingerprint density at radius 2 is 2.08 bits per heavy atom. The van der Waals surface area contributed by atoms with E-state index in [1.807, 2.05) is 12.1 Å². The first-order valence-corrected chi connectivity index (χ1v) is 8.33. The van der Waals surface area contributed by atoms with Crippen molar-refractivity contribution in [1.82, 2.24) is 25.5 Å².